The zero-order valence-electron chi connectivity index (χ0n) is 13.8. The number of ether oxygens (including phenoxy) is 1. The molecule has 2 aromatic rings. The van der Waals surface area contributed by atoms with Crippen LogP contribution in [-0.4, -0.2) is 35.5 Å². The maximum atomic E-state index is 12.5. The Hall–Kier alpha value is -2.13. The van der Waals surface area contributed by atoms with E-state index in [4.69, 9.17) is 4.74 Å². The molecule has 1 aromatic heterocycles. The lowest BCUT2D eigenvalue weighted by Gasteiger charge is -2.23. The van der Waals surface area contributed by atoms with E-state index in [9.17, 15) is 9.59 Å². The second kappa shape index (κ2) is 7.40. The molecule has 2 N–H and O–H groups in total. The van der Waals surface area contributed by atoms with Crippen LogP contribution in [0.1, 0.15) is 16.8 Å². The van der Waals surface area contributed by atoms with Crippen LogP contribution in [0.15, 0.2) is 22.8 Å². The number of aryl methyl sites for hydroxylation is 1. The van der Waals surface area contributed by atoms with Crippen LogP contribution in [0.4, 0.5) is 16.2 Å². The molecule has 0 bridgehead atoms. The van der Waals surface area contributed by atoms with Crippen LogP contribution in [0.3, 0.4) is 0 Å². The first-order valence-electron chi connectivity index (χ1n) is 7.68. The number of nitrogens with one attached hydrogen (secondary N) is 2. The van der Waals surface area contributed by atoms with Crippen molar-refractivity contribution in [2.75, 3.05) is 24.3 Å². The number of benzene rings is 1. The topological polar surface area (TPSA) is 83.6 Å². The van der Waals surface area contributed by atoms with E-state index < -0.39 is 0 Å². The van der Waals surface area contributed by atoms with Gasteiger partial charge in [0.2, 0.25) is 0 Å². The fourth-order valence-electron chi connectivity index (χ4n) is 2.31. The van der Waals surface area contributed by atoms with Crippen molar-refractivity contribution in [3.05, 3.63) is 32.7 Å². The summed E-state index contributed by atoms with van der Waals surface area (Å²) in [6.07, 6.45) is 2.76. The fourth-order valence-corrected chi connectivity index (χ4v) is 3.66. The molecule has 0 fully saturated rings. The first-order chi connectivity index (χ1) is 12.0. The van der Waals surface area contributed by atoms with Crippen LogP contribution < -0.4 is 15.4 Å². The summed E-state index contributed by atoms with van der Waals surface area (Å²) < 4.78 is 6.14. The summed E-state index contributed by atoms with van der Waals surface area (Å²) in [4.78, 5) is 31.1. The second-order valence-electron chi connectivity index (χ2n) is 5.52. The summed E-state index contributed by atoms with van der Waals surface area (Å²) in [6, 6.07) is 3.17. The van der Waals surface area contributed by atoms with Crippen molar-refractivity contribution in [1.29, 1.82) is 0 Å². The number of aromatic nitrogens is 1. The molecule has 0 saturated carbocycles. The molecular formula is C16H17BrN4O3S. The lowest BCUT2D eigenvalue weighted by Crippen LogP contribution is -2.32. The molecule has 0 saturated heterocycles. The van der Waals surface area contributed by atoms with Crippen molar-refractivity contribution in [2.45, 2.75) is 19.9 Å². The van der Waals surface area contributed by atoms with E-state index in [0.29, 0.717) is 23.7 Å². The van der Waals surface area contributed by atoms with Crippen LogP contribution in [0.5, 0.6) is 5.75 Å². The van der Waals surface area contributed by atoms with Gasteiger partial charge in [-0.2, -0.15) is 0 Å². The molecule has 25 heavy (non-hydrogen) atoms. The number of urea groups is 1. The van der Waals surface area contributed by atoms with Crippen molar-refractivity contribution in [3.8, 4) is 5.75 Å². The minimum Gasteiger partial charge on any atom is -0.481 e. The Kier molecular flexibility index (Phi) is 5.24. The predicted molar refractivity (Wildman–Crippen MR) is 100 cm³/mol. The Bertz CT molecular complexity index is 824. The normalized spacial score (nSPS) is 12.8. The van der Waals surface area contributed by atoms with E-state index in [1.54, 1.807) is 30.5 Å². The largest absolute Gasteiger partial charge is 0.481 e. The van der Waals surface area contributed by atoms with Gasteiger partial charge in [0.15, 0.2) is 6.61 Å². The minimum absolute atomic E-state index is 0.0411. The smallest absolute Gasteiger partial charge is 0.322 e. The molecule has 7 nitrogen and oxygen atoms in total. The van der Waals surface area contributed by atoms with Gasteiger partial charge in [-0.15, -0.1) is 11.3 Å². The average Bonchev–Trinajstić information content (AvgIpc) is 3.03. The molecular weight excluding hydrogens is 408 g/mol. The van der Waals surface area contributed by atoms with Crippen molar-refractivity contribution in [3.63, 3.8) is 0 Å². The molecule has 1 aromatic carbocycles. The third kappa shape index (κ3) is 4.10. The molecule has 3 rings (SSSR count). The van der Waals surface area contributed by atoms with E-state index in [-0.39, 0.29) is 18.5 Å². The Morgan fingerprint density at radius 3 is 3.04 bits per heavy atom. The molecule has 3 amide bonds. The van der Waals surface area contributed by atoms with Gasteiger partial charge in [-0.05, 0) is 18.6 Å². The maximum absolute atomic E-state index is 12.5. The van der Waals surface area contributed by atoms with Crippen molar-refractivity contribution in [2.24, 2.45) is 0 Å². The van der Waals surface area contributed by atoms with Gasteiger partial charge in [-0.25, -0.2) is 9.78 Å². The average molecular weight is 425 g/mol. The lowest BCUT2D eigenvalue weighted by atomic mass is 10.2. The second-order valence-corrected chi connectivity index (χ2v) is 7.64. The van der Waals surface area contributed by atoms with Gasteiger partial charge in [0.25, 0.3) is 5.91 Å². The SMILES string of the molecule is CCc1cnc(CN(C)C(=O)Nc2cc(Br)cc3c2NC(=O)CO3)s1. The van der Waals surface area contributed by atoms with Gasteiger partial charge in [-0.1, -0.05) is 22.9 Å². The van der Waals surface area contributed by atoms with Crippen LogP contribution in [0.25, 0.3) is 0 Å². The highest BCUT2D eigenvalue weighted by atomic mass is 79.9. The molecule has 0 unspecified atom stereocenters. The van der Waals surface area contributed by atoms with E-state index >= 15 is 0 Å². The summed E-state index contributed by atoms with van der Waals surface area (Å²) in [5.74, 6) is 0.257. The van der Waals surface area contributed by atoms with Gasteiger partial charge >= 0.3 is 6.03 Å². The highest BCUT2D eigenvalue weighted by molar-refractivity contribution is 9.10. The number of hydrogen-bond acceptors (Lipinski definition) is 5. The van der Waals surface area contributed by atoms with Crippen LogP contribution in [0, 0.1) is 0 Å². The number of thiazole rings is 1. The number of nitrogens with zero attached hydrogens (tertiary/aromatic N) is 2. The van der Waals surface area contributed by atoms with Gasteiger partial charge < -0.3 is 20.3 Å². The molecule has 0 atom stereocenters. The Balaban J connectivity index is 1.74. The minimum atomic E-state index is -0.298. The zero-order chi connectivity index (χ0) is 18.0. The summed E-state index contributed by atoms with van der Waals surface area (Å²) in [5, 5.41) is 6.42. The maximum Gasteiger partial charge on any atom is 0.322 e. The summed E-state index contributed by atoms with van der Waals surface area (Å²) in [5.41, 5.74) is 0.936. The first-order valence-corrected chi connectivity index (χ1v) is 9.29. The molecule has 2 heterocycles. The third-order valence-electron chi connectivity index (χ3n) is 3.60. The van der Waals surface area contributed by atoms with Crippen LogP contribution in [-0.2, 0) is 17.8 Å². The fraction of sp³-hybridized carbons (Fsp3) is 0.312. The molecule has 1 aliphatic heterocycles. The number of carbonyl (C=O) groups excluding carboxylic acids is 2. The summed E-state index contributed by atoms with van der Waals surface area (Å²) in [7, 11) is 1.70. The Morgan fingerprint density at radius 2 is 2.32 bits per heavy atom. The van der Waals surface area contributed by atoms with E-state index in [2.05, 4.69) is 38.5 Å². The first kappa shape index (κ1) is 17.7. The zero-order valence-corrected chi connectivity index (χ0v) is 16.2. The third-order valence-corrected chi connectivity index (χ3v) is 5.19. The van der Waals surface area contributed by atoms with Gasteiger partial charge in [0, 0.05) is 22.6 Å². The number of hydrogen-bond donors (Lipinski definition) is 2. The van der Waals surface area contributed by atoms with Crippen molar-refractivity contribution in [1.82, 2.24) is 9.88 Å². The van der Waals surface area contributed by atoms with Gasteiger partial charge in [0.1, 0.15) is 16.4 Å². The molecule has 132 valence electrons. The van der Waals surface area contributed by atoms with Crippen molar-refractivity contribution < 1.29 is 14.3 Å². The lowest BCUT2D eigenvalue weighted by molar-refractivity contribution is -0.118. The monoisotopic (exact) mass is 424 g/mol. The standard InChI is InChI=1S/C16H17BrN4O3S/c1-3-10-6-18-14(25-10)7-21(2)16(23)19-11-4-9(17)5-12-15(11)20-13(22)8-24-12/h4-6H,3,7-8H2,1-2H3,(H,19,23)(H,20,22). The highest BCUT2D eigenvalue weighted by Crippen LogP contribution is 2.38. The predicted octanol–water partition coefficient (Wildman–Crippen LogP) is 3.46. The molecule has 0 aliphatic carbocycles. The number of amides is 3. The summed E-state index contributed by atoms with van der Waals surface area (Å²) >= 11 is 4.98. The van der Waals surface area contributed by atoms with Crippen LogP contribution >= 0.6 is 27.3 Å². The van der Waals surface area contributed by atoms with E-state index in [0.717, 1.165) is 15.9 Å². The Labute approximate surface area is 157 Å². The van der Waals surface area contributed by atoms with Gasteiger partial charge in [-0.3, -0.25) is 4.79 Å². The quantitative estimate of drug-likeness (QED) is 0.786. The van der Waals surface area contributed by atoms with Crippen molar-refractivity contribution >= 4 is 50.6 Å². The molecule has 9 heteroatoms. The van der Waals surface area contributed by atoms with Gasteiger partial charge in [0.05, 0.1) is 12.2 Å². The van der Waals surface area contributed by atoms with E-state index in [1.807, 2.05) is 6.20 Å². The molecule has 0 spiro atoms. The molecule has 1 aliphatic rings. The summed E-state index contributed by atoms with van der Waals surface area (Å²) in [6.45, 7) is 2.44. The Morgan fingerprint density at radius 1 is 1.52 bits per heavy atom. The number of carbonyl (C=O) groups is 2. The number of anilines is 2. The number of fused-ring (bicyclic) bond motifs is 1. The highest BCUT2D eigenvalue weighted by Gasteiger charge is 2.22. The van der Waals surface area contributed by atoms with Crippen LogP contribution in [0.2, 0.25) is 0 Å². The van der Waals surface area contributed by atoms with E-state index in [1.165, 1.54) is 9.78 Å². The number of halogens is 1. The molecule has 0 radical (unpaired) electrons. The number of rotatable bonds is 4.